The molecule has 6 nitrogen and oxygen atoms in total. The van der Waals surface area contributed by atoms with Crippen molar-refractivity contribution in [2.75, 3.05) is 11.9 Å². The molecule has 4 aromatic rings. The number of aromatic amines is 1. The van der Waals surface area contributed by atoms with Gasteiger partial charge in [0.1, 0.15) is 5.52 Å². The summed E-state index contributed by atoms with van der Waals surface area (Å²) in [5.41, 5.74) is 0.156. The first-order valence-corrected chi connectivity index (χ1v) is 10.2. The molecular formula is C20H13ClF3N5OS. The third kappa shape index (κ3) is 3.91. The number of nitrogens with zero attached hydrogens (tertiary/aromatic N) is 3. The first kappa shape index (κ1) is 19.7. The third-order valence-corrected chi connectivity index (χ3v) is 5.69. The summed E-state index contributed by atoms with van der Waals surface area (Å²) in [6, 6.07) is 9.01. The van der Waals surface area contributed by atoms with E-state index in [2.05, 4.69) is 19.7 Å². The number of hydrogen-bond acceptors (Lipinski definition) is 6. The van der Waals surface area contributed by atoms with E-state index in [9.17, 15) is 13.2 Å². The first-order chi connectivity index (χ1) is 14.9. The molecule has 0 fully saturated rings. The SMILES string of the molecule is FC(F)(F)c1cc(Cl)c2nc(Nc3ccccc3ON3C=c4cnsc4=CC3)[nH]c2c1. The summed E-state index contributed by atoms with van der Waals surface area (Å²) in [5.74, 6) is 0.757. The zero-order valence-electron chi connectivity index (χ0n) is 15.6. The van der Waals surface area contributed by atoms with Gasteiger partial charge in [0.25, 0.3) is 0 Å². The molecule has 2 aromatic carbocycles. The molecule has 0 saturated carbocycles. The Hall–Kier alpha value is -3.24. The van der Waals surface area contributed by atoms with E-state index in [1.165, 1.54) is 11.5 Å². The Morgan fingerprint density at radius 3 is 2.90 bits per heavy atom. The lowest BCUT2D eigenvalue weighted by Gasteiger charge is -2.22. The van der Waals surface area contributed by atoms with E-state index in [0.29, 0.717) is 18.0 Å². The maximum atomic E-state index is 13.1. The summed E-state index contributed by atoms with van der Waals surface area (Å²) in [4.78, 5) is 13.1. The number of anilines is 2. The summed E-state index contributed by atoms with van der Waals surface area (Å²) in [6.45, 7) is 0.546. The van der Waals surface area contributed by atoms with Crippen molar-refractivity contribution in [2.24, 2.45) is 0 Å². The Morgan fingerprint density at radius 1 is 1.23 bits per heavy atom. The van der Waals surface area contributed by atoms with Crippen LogP contribution in [0.3, 0.4) is 0 Å². The van der Waals surface area contributed by atoms with Crippen LogP contribution < -0.4 is 19.9 Å². The highest BCUT2D eigenvalue weighted by atomic mass is 35.5. The van der Waals surface area contributed by atoms with E-state index in [-0.39, 0.29) is 22.0 Å². The fourth-order valence-electron chi connectivity index (χ4n) is 3.15. The van der Waals surface area contributed by atoms with Crippen molar-refractivity contribution in [3.63, 3.8) is 0 Å². The van der Waals surface area contributed by atoms with Crippen LogP contribution >= 0.6 is 23.1 Å². The fourth-order valence-corrected chi connectivity index (χ4v) is 4.06. The standard InChI is InChI=1S/C20H13ClF3N5OS/c21-13-7-12(20(22,23)24)8-15-18(13)28-19(27-15)26-14-3-1-2-4-16(14)30-29-6-5-17-11(10-29)9-25-31-17/h1-5,7-10H,6H2,(H2,26,27,28). The lowest BCUT2D eigenvalue weighted by molar-refractivity contribution is -0.137. The zero-order chi connectivity index (χ0) is 21.6. The van der Waals surface area contributed by atoms with Gasteiger partial charge in [-0.2, -0.15) is 17.5 Å². The quantitative estimate of drug-likeness (QED) is 0.473. The Balaban J connectivity index is 1.43. The molecule has 0 aliphatic carbocycles. The smallest absolute Gasteiger partial charge is 0.378 e. The number of aromatic nitrogens is 3. The van der Waals surface area contributed by atoms with E-state index in [1.54, 1.807) is 29.5 Å². The molecule has 1 aliphatic rings. The molecule has 0 saturated heterocycles. The molecule has 2 N–H and O–H groups in total. The number of imidazole rings is 1. The molecule has 0 atom stereocenters. The van der Waals surface area contributed by atoms with Gasteiger partial charge in [-0.1, -0.05) is 23.7 Å². The minimum atomic E-state index is -4.50. The Kier molecular flexibility index (Phi) is 4.75. The molecule has 1 aliphatic heterocycles. The molecule has 0 unspecified atom stereocenters. The van der Waals surface area contributed by atoms with E-state index in [4.69, 9.17) is 16.4 Å². The summed E-state index contributed by atoms with van der Waals surface area (Å²) in [7, 11) is 0. The third-order valence-electron chi connectivity index (χ3n) is 4.59. The predicted octanol–water partition coefficient (Wildman–Crippen LogP) is 4.26. The van der Waals surface area contributed by atoms with E-state index < -0.39 is 11.7 Å². The zero-order valence-corrected chi connectivity index (χ0v) is 17.1. The van der Waals surface area contributed by atoms with Gasteiger partial charge in [-0.25, -0.2) is 10.0 Å². The van der Waals surface area contributed by atoms with Gasteiger partial charge in [-0.15, -0.1) is 0 Å². The van der Waals surface area contributed by atoms with E-state index >= 15 is 0 Å². The van der Waals surface area contributed by atoms with Gasteiger partial charge in [0.15, 0.2) is 5.75 Å². The number of rotatable bonds is 4. The van der Waals surface area contributed by atoms with Crippen molar-refractivity contribution in [3.05, 3.63) is 62.9 Å². The molecule has 31 heavy (non-hydrogen) atoms. The van der Waals surface area contributed by atoms with Crippen molar-refractivity contribution in [3.8, 4) is 5.75 Å². The van der Waals surface area contributed by atoms with Crippen LogP contribution in [0.5, 0.6) is 5.75 Å². The minimum Gasteiger partial charge on any atom is -0.378 e. The number of H-pyrrole nitrogens is 1. The largest absolute Gasteiger partial charge is 0.416 e. The predicted molar refractivity (Wildman–Crippen MR) is 113 cm³/mol. The van der Waals surface area contributed by atoms with Gasteiger partial charge in [-0.05, 0) is 41.9 Å². The number of benzene rings is 2. The molecular weight excluding hydrogens is 451 g/mol. The van der Waals surface area contributed by atoms with Crippen LogP contribution in [0.2, 0.25) is 5.02 Å². The molecule has 2 aromatic heterocycles. The minimum absolute atomic E-state index is 0.0858. The van der Waals surface area contributed by atoms with Crippen molar-refractivity contribution in [1.29, 1.82) is 0 Å². The second-order valence-electron chi connectivity index (χ2n) is 6.73. The Labute approximate surface area is 182 Å². The van der Waals surface area contributed by atoms with Crippen LogP contribution in [-0.2, 0) is 6.18 Å². The van der Waals surface area contributed by atoms with Crippen LogP contribution in [0, 0.1) is 0 Å². The maximum Gasteiger partial charge on any atom is 0.416 e. The van der Waals surface area contributed by atoms with Gasteiger partial charge in [0.05, 0.1) is 39.1 Å². The van der Waals surface area contributed by atoms with Crippen LogP contribution in [0.25, 0.3) is 23.3 Å². The van der Waals surface area contributed by atoms with Crippen molar-refractivity contribution < 1.29 is 18.0 Å². The average molecular weight is 464 g/mol. The van der Waals surface area contributed by atoms with Crippen LogP contribution in [-0.4, -0.2) is 25.9 Å². The number of hydrogen-bond donors (Lipinski definition) is 2. The topological polar surface area (TPSA) is 66.1 Å². The second-order valence-corrected chi connectivity index (χ2v) is 7.97. The highest BCUT2D eigenvalue weighted by Gasteiger charge is 2.31. The van der Waals surface area contributed by atoms with Gasteiger partial charge in [0, 0.05) is 11.4 Å². The summed E-state index contributed by atoms with van der Waals surface area (Å²) in [5, 5.41) is 5.61. The highest BCUT2D eigenvalue weighted by molar-refractivity contribution is 7.03. The van der Waals surface area contributed by atoms with Crippen LogP contribution in [0.4, 0.5) is 24.8 Å². The number of halogens is 4. The number of para-hydroxylation sites is 2. The first-order valence-electron chi connectivity index (χ1n) is 9.07. The molecule has 5 rings (SSSR count). The molecule has 0 bridgehead atoms. The molecule has 0 radical (unpaired) electrons. The monoisotopic (exact) mass is 463 g/mol. The van der Waals surface area contributed by atoms with Crippen molar-refractivity contribution in [1.82, 2.24) is 19.4 Å². The van der Waals surface area contributed by atoms with E-state index in [0.717, 1.165) is 21.9 Å². The number of alkyl halides is 3. The number of fused-ring (bicyclic) bond motifs is 2. The van der Waals surface area contributed by atoms with Gasteiger partial charge >= 0.3 is 6.18 Å². The molecule has 0 amide bonds. The summed E-state index contributed by atoms with van der Waals surface area (Å²) in [6.07, 6.45) is 1.14. The van der Waals surface area contributed by atoms with Crippen molar-refractivity contribution >= 4 is 58.1 Å². The van der Waals surface area contributed by atoms with Crippen LogP contribution in [0.15, 0.2) is 42.6 Å². The van der Waals surface area contributed by atoms with Gasteiger partial charge in [0.2, 0.25) is 5.95 Å². The second kappa shape index (κ2) is 7.47. The summed E-state index contributed by atoms with van der Waals surface area (Å²) < 4.78 is 44.4. The fraction of sp³-hybridized carbons (Fsp3) is 0.100. The maximum absolute atomic E-state index is 13.1. The molecule has 158 valence electrons. The lowest BCUT2D eigenvalue weighted by Crippen LogP contribution is -2.34. The van der Waals surface area contributed by atoms with Crippen molar-refractivity contribution in [2.45, 2.75) is 6.18 Å². The molecule has 3 heterocycles. The van der Waals surface area contributed by atoms with Gasteiger partial charge < -0.3 is 15.1 Å². The normalized spacial score (nSPS) is 13.5. The number of hydroxylamine groups is 2. The highest BCUT2D eigenvalue weighted by Crippen LogP contribution is 2.35. The van der Waals surface area contributed by atoms with Crippen LogP contribution in [0.1, 0.15) is 5.56 Å². The lowest BCUT2D eigenvalue weighted by atomic mass is 10.2. The van der Waals surface area contributed by atoms with E-state index in [1.807, 2.05) is 18.3 Å². The molecule has 0 spiro atoms. The Morgan fingerprint density at radius 2 is 2.06 bits per heavy atom. The Bertz CT molecular complexity index is 1400. The van der Waals surface area contributed by atoms with Gasteiger partial charge in [-0.3, -0.25) is 0 Å². The molecule has 11 heteroatoms. The number of nitrogens with one attached hydrogen (secondary N) is 2. The summed E-state index contributed by atoms with van der Waals surface area (Å²) >= 11 is 7.44. The average Bonchev–Trinajstić information content (AvgIpc) is 3.35.